The number of hydrogen-bond donors (Lipinski definition) is 4. The van der Waals surface area contributed by atoms with Crippen molar-refractivity contribution < 1.29 is 62.9 Å². The Bertz CT molecular complexity index is 1610. The molecule has 4 heterocycles. The average Bonchev–Trinajstić information content (AvgIpc) is 3.18. The fourth-order valence-corrected chi connectivity index (χ4v) is 8.63. The van der Waals surface area contributed by atoms with Crippen molar-refractivity contribution in [2.45, 2.75) is 173 Å². The largest absolute Gasteiger partial charge is 0.462 e. The van der Waals surface area contributed by atoms with Gasteiger partial charge in [0.15, 0.2) is 24.5 Å². The molecule has 0 spiro atoms. The molecule has 2 fully saturated rings. The number of hydrogen-bond acceptors (Lipinski definition) is 16. The van der Waals surface area contributed by atoms with Crippen molar-refractivity contribution in [3.8, 4) is 0 Å². The Labute approximate surface area is 367 Å². The van der Waals surface area contributed by atoms with Crippen molar-refractivity contribution in [3.05, 3.63) is 54.4 Å². The van der Waals surface area contributed by atoms with Gasteiger partial charge in [-0.25, -0.2) is 0 Å². The third-order valence-electron chi connectivity index (χ3n) is 11.8. The van der Waals surface area contributed by atoms with Crippen LogP contribution < -0.4 is 5.32 Å². The molecule has 62 heavy (non-hydrogen) atoms. The van der Waals surface area contributed by atoms with Gasteiger partial charge in [0, 0.05) is 51.2 Å². The monoisotopic (exact) mass is 876 g/mol. The number of nitrogens with one attached hydrogen (secondary N) is 1. The summed E-state index contributed by atoms with van der Waals surface area (Å²) >= 11 is 0. The quantitative estimate of drug-likeness (QED) is 0.156. The summed E-state index contributed by atoms with van der Waals surface area (Å²) in [6, 6.07) is 3.09. The van der Waals surface area contributed by atoms with Gasteiger partial charge in [-0.05, 0) is 90.7 Å². The summed E-state index contributed by atoms with van der Waals surface area (Å²) in [5.74, 6) is -2.01. The van der Waals surface area contributed by atoms with Crippen molar-refractivity contribution >= 4 is 17.7 Å². The molecule has 4 rings (SSSR count). The number of cyclic esters (lactones) is 1. The van der Waals surface area contributed by atoms with E-state index in [1.54, 1.807) is 71.2 Å². The fraction of sp³-hybridized carbons (Fsp3) is 0.739. The Morgan fingerprint density at radius 3 is 2.44 bits per heavy atom. The summed E-state index contributed by atoms with van der Waals surface area (Å²) in [6.45, 7) is 13.5. The Balaban J connectivity index is 1.63. The second-order valence-corrected chi connectivity index (χ2v) is 18.1. The standard InChI is InChI=1S/C46H73N3O13/c1-27(2)21-36(52)60-44-31(6)58-38(24-46(44,7)55)61-41-30(5)59-45(40(54)39(41)49(8)9)62-42-33(18-20-48-26-32-16-14-19-47-25-32)22-28(3)34(50)17-13-11-12-15-29(4)57-37(53)23-35(51)43(42)56-10/h11-14,16-17,19,25,27-31,33,35,38-45,48,51,54-55H,15,18,20-24,26H2,1-10H3/b12-11-,17-13+/t28-,29-,30-,31+,33+,35-,38+,39-,40-,41-,42+,43+,44+,45+,46-/m1/s1. The number of esters is 2. The van der Waals surface area contributed by atoms with E-state index in [1.165, 1.54) is 13.2 Å². The van der Waals surface area contributed by atoms with Crippen LogP contribution in [0.15, 0.2) is 48.8 Å². The zero-order valence-electron chi connectivity index (χ0n) is 38.3. The van der Waals surface area contributed by atoms with Gasteiger partial charge in [-0.15, -0.1) is 0 Å². The summed E-state index contributed by atoms with van der Waals surface area (Å²) in [5, 5.41) is 38.9. The first-order valence-corrected chi connectivity index (χ1v) is 22.1. The van der Waals surface area contributed by atoms with E-state index in [2.05, 4.69) is 10.3 Å². The number of rotatable bonds is 14. The number of carbonyl (C=O) groups is 3. The molecule has 16 heteroatoms. The van der Waals surface area contributed by atoms with Crippen molar-refractivity contribution in [1.29, 1.82) is 0 Å². The van der Waals surface area contributed by atoms with Gasteiger partial charge in [-0.3, -0.25) is 19.4 Å². The normalized spacial score (nSPS) is 37.8. The molecule has 2 saturated heterocycles. The maximum Gasteiger partial charge on any atom is 0.308 e. The van der Waals surface area contributed by atoms with Crippen molar-refractivity contribution in [2.24, 2.45) is 17.8 Å². The van der Waals surface area contributed by atoms with Crippen LogP contribution in [0.2, 0.25) is 0 Å². The third kappa shape index (κ3) is 15.0. The van der Waals surface area contributed by atoms with E-state index in [0.29, 0.717) is 32.4 Å². The lowest BCUT2D eigenvalue weighted by Crippen LogP contribution is -2.66. The Morgan fingerprint density at radius 2 is 1.79 bits per heavy atom. The number of allylic oxidation sites excluding steroid dienone is 3. The first-order chi connectivity index (χ1) is 29.3. The zero-order chi connectivity index (χ0) is 45.7. The SMILES string of the molecule is CO[C@@H]1[C@@H](O[C@@H]2O[C@H](C)[C@@H](O[C@H]3C[C@@](C)(O)[C@@H](OC(=O)CC(C)C)[C@H](C)O3)[C@H](N(C)C)[C@H]2O)[C@@H](CCNCc2cccnc2)C[C@@H](C)C(=O)/C=C/C=C\C[C@@H](C)OC(=O)C[C@H]1O. The number of nitrogens with zero attached hydrogens (tertiary/aromatic N) is 2. The second-order valence-electron chi connectivity index (χ2n) is 18.1. The van der Waals surface area contributed by atoms with Gasteiger partial charge in [0.05, 0.1) is 36.9 Å². The van der Waals surface area contributed by atoms with E-state index in [0.717, 1.165) is 5.56 Å². The first kappa shape index (κ1) is 51.5. The molecule has 0 saturated carbocycles. The maximum atomic E-state index is 13.5. The van der Waals surface area contributed by atoms with Gasteiger partial charge in [0.1, 0.15) is 30.0 Å². The topological polar surface area (TPSA) is 205 Å². The van der Waals surface area contributed by atoms with Crippen LogP contribution in [0.1, 0.15) is 92.6 Å². The summed E-state index contributed by atoms with van der Waals surface area (Å²) in [4.78, 5) is 45.2. The molecular weight excluding hydrogens is 803 g/mol. The van der Waals surface area contributed by atoms with Crippen LogP contribution >= 0.6 is 0 Å². The minimum Gasteiger partial charge on any atom is -0.462 e. The third-order valence-corrected chi connectivity index (χ3v) is 11.8. The van der Waals surface area contributed by atoms with E-state index < -0.39 is 109 Å². The molecular formula is C46H73N3O13. The second kappa shape index (κ2) is 24.2. The van der Waals surface area contributed by atoms with Crippen LogP contribution in [0.5, 0.6) is 0 Å². The summed E-state index contributed by atoms with van der Waals surface area (Å²) in [7, 11) is 4.99. The Morgan fingerprint density at radius 1 is 1.05 bits per heavy atom. The highest BCUT2D eigenvalue weighted by atomic mass is 16.7. The minimum atomic E-state index is -1.48. The summed E-state index contributed by atoms with van der Waals surface area (Å²) in [6.07, 6.45) is 0.482. The van der Waals surface area contributed by atoms with E-state index in [9.17, 15) is 29.7 Å². The Kier molecular flexibility index (Phi) is 20.1. The number of aliphatic hydroxyl groups is 3. The van der Waals surface area contributed by atoms with Gasteiger partial charge in [-0.1, -0.05) is 45.1 Å². The molecule has 0 unspecified atom stereocenters. The highest BCUT2D eigenvalue weighted by Gasteiger charge is 2.52. The first-order valence-electron chi connectivity index (χ1n) is 22.1. The summed E-state index contributed by atoms with van der Waals surface area (Å²) < 4.78 is 43.3. The maximum absolute atomic E-state index is 13.5. The number of methoxy groups -OCH3 is 1. The molecule has 3 aliphatic heterocycles. The summed E-state index contributed by atoms with van der Waals surface area (Å²) in [5.41, 5.74) is -0.498. The molecule has 0 radical (unpaired) electrons. The zero-order valence-corrected chi connectivity index (χ0v) is 38.3. The van der Waals surface area contributed by atoms with E-state index >= 15 is 0 Å². The van der Waals surface area contributed by atoms with Crippen molar-refractivity contribution in [3.63, 3.8) is 0 Å². The smallest absolute Gasteiger partial charge is 0.308 e. The molecule has 16 nitrogen and oxygen atoms in total. The van der Waals surface area contributed by atoms with Gasteiger partial charge in [0.2, 0.25) is 0 Å². The Hall–Kier alpha value is -3.16. The van der Waals surface area contributed by atoms with Crippen LogP contribution in [-0.4, -0.2) is 150 Å². The molecule has 15 atom stereocenters. The van der Waals surface area contributed by atoms with Crippen LogP contribution in [0.25, 0.3) is 0 Å². The van der Waals surface area contributed by atoms with Crippen molar-refractivity contribution in [1.82, 2.24) is 15.2 Å². The van der Waals surface area contributed by atoms with Gasteiger partial charge in [-0.2, -0.15) is 0 Å². The minimum absolute atomic E-state index is 0.0219. The molecule has 3 aliphatic rings. The molecule has 0 bridgehead atoms. The number of ether oxygens (including phenoxy) is 7. The molecule has 0 amide bonds. The van der Waals surface area contributed by atoms with Crippen LogP contribution in [0.4, 0.5) is 0 Å². The molecule has 1 aromatic rings. The van der Waals surface area contributed by atoms with E-state index in [-0.39, 0.29) is 24.5 Å². The van der Waals surface area contributed by atoms with Crippen LogP contribution in [0.3, 0.4) is 0 Å². The number of aliphatic hydroxyl groups excluding tert-OH is 2. The van der Waals surface area contributed by atoms with Crippen LogP contribution in [0, 0.1) is 17.8 Å². The predicted molar refractivity (Wildman–Crippen MR) is 229 cm³/mol. The van der Waals surface area contributed by atoms with Gasteiger partial charge >= 0.3 is 11.9 Å². The van der Waals surface area contributed by atoms with E-state index in [4.69, 9.17) is 33.2 Å². The molecule has 350 valence electrons. The number of aromatic nitrogens is 1. The van der Waals surface area contributed by atoms with Gasteiger partial charge in [0.25, 0.3) is 0 Å². The lowest BCUT2D eigenvalue weighted by atomic mass is 9.82. The molecule has 0 aromatic carbocycles. The number of carbonyl (C=O) groups excluding carboxylic acids is 3. The predicted octanol–water partition coefficient (Wildman–Crippen LogP) is 3.64. The molecule has 4 N–H and O–H groups in total. The highest BCUT2D eigenvalue weighted by Crippen LogP contribution is 2.37. The average molecular weight is 876 g/mol. The lowest BCUT2D eigenvalue weighted by Gasteiger charge is -2.50. The van der Waals surface area contributed by atoms with Gasteiger partial charge < -0.3 is 58.7 Å². The van der Waals surface area contributed by atoms with E-state index in [1.807, 2.05) is 39.0 Å². The van der Waals surface area contributed by atoms with Crippen LogP contribution in [-0.2, 0) is 54.1 Å². The molecule has 1 aromatic heterocycles. The molecule has 0 aliphatic carbocycles. The lowest BCUT2D eigenvalue weighted by molar-refractivity contribution is -0.344. The number of pyridine rings is 1. The van der Waals surface area contributed by atoms with Crippen molar-refractivity contribution in [2.75, 3.05) is 27.7 Å². The number of likely N-dealkylation sites (N-methyl/N-ethyl adjacent to an activating group) is 1. The highest BCUT2D eigenvalue weighted by molar-refractivity contribution is 5.91. The number of ketones is 1. The fourth-order valence-electron chi connectivity index (χ4n) is 8.63.